The van der Waals surface area contributed by atoms with E-state index in [1.54, 1.807) is 0 Å². The van der Waals surface area contributed by atoms with E-state index in [2.05, 4.69) is 25.6 Å². The van der Waals surface area contributed by atoms with Crippen molar-refractivity contribution in [3.8, 4) is 0 Å². The first-order valence-electron chi connectivity index (χ1n) is 9.72. The Labute approximate surface area is 191 Å². The van der Waals surface area contributed by atoms with Gasteiger partial charge in [-0.3, -0.25) is 14.4 Å². The number of aliphatic carboxylic acids is 1. The monoisotopic (exact) mass is 495 g/mol. The highest BCUT2D eigenvalue weighted by Gasteiger charge is 2.26. The fraction of sp³-hybridized carbons (Fsp3) is 0.688. The zero-order valence-electron chi connectivity index (χ0n) is 18.1. The molecule has 0 bridgehead atoms. The van der Waals surface area contributed by atoms with E-state index in [1.807, 2.05) is 0 Å². The van der Waals surface area contributed by atoms with Crippen LogP contribution in [0.15, 0.2) is 0 Å². The van der Waals surface area contributed by atoms with Gasteiger partial charge in [-0.2, -0.15) is 0 Å². The third kappa shape index (κ3) is 15.5. The second kappa shape index (κ2) is 16.4. The van der Waals surface area contributed by atoms with Gasteiger partial charge in [0.05, 0.1) is 0 Å². The molecular formula is C16H25N5O13. The van der Waals surface area contributed by atoms with Crippen LogP contribution >= 0.6 is 0 Å². The lowest BCUT2D eigenvalue weighted by Gasteiger charge is -2.19. The molecule has 192 valence electrons. The zero-order chi connectivity index (χ0) is 26.1. The average molecular weight is 495 g/mol. The van der Waals surface area contributed by atoms with Crippen molar-refractivity contribution in [1.82, 2.24) is 16.0 Å². The Morgan fingerprint density at radius 2 is 1.59 bits per heavy atom. The molecule has 2 atom stereocenters. The van der Waals surface area contributed by atoms with Crippen molar-refractivity contribution < 1.29 is 53.7 Å². The molecule has 0 aliphatic rings. The van der Waals surface area contributed by atoms with Crippen molar-refractivity contribution in [1.29, 1.82) is 0 Å². The highest BCUT2D eigenvalue weighted by Crippen LogP contribution is 2.03. The van der Waals surface area contributed by atoms with Gasteiger partial charge in [0.2, 0.25) is 5.78 Å². The minimum absolute atomic E-state index is 0.0220. The van der Waals surface area contributed by atoms with Crippen molar-refractivity contribution in [3.63, 3.8) is 0 Å². The number of carbonyl (C=O) groups excluding carboxylic acids is 4. The quantitative estimate of drug-likeness (QED) is 0.0546. The lowest BCUT2D eigenvalue weighted by molar-refractivity contribution is -0.790. The van der Waals surface area contributed by atoms with Crippen molar-refractivity contribution in [2.75, 3.05) is 26.3 Å². The fourth-order valence-corrected chi connectivity index (χ4v) is 2.17. The van der Waals surface area contributed by atoms with Gasteiger partial charge in [0.15, 0.2) is 6.10 Å². The Kier molecular flexibility index (Phi) is 14.3. The molecule has 0 fully saturated rings. The summed E-state index contributed by atoms with van der Waals surface area (Å²) < 4.78 is 4.80. The maximum absolute atomic E-state index is 12.3. The number of rotatable bonds is 18. The number of nitrogens with one attached hydrogen (secondary N) is 3. The Bertz CT molecular complexity index is 760. The van der Waals surface area contributed by atoms with E-state index in [-0.39, 0.29) is 38.8 Å². The Morgan fingerprint density at radius 1 is 0.971 bits per heavy atom. The minimum Gasteiger partial charge on any atom is -0.481 e. The fourth-order valence-electron chi connectivity index (χ4n) is 2.17. The number of carbonyl (C=O) groups is 5. The Hall–Kier alpha value is -4.25. The molecule has 0 aromatic heterocycles. The van der Waals surface area contributed by atoms with Crippen LogP contribution in [-0.4, -0.2) is 83.4 Å². The molecule has 18 nitrogen and oxygen atoms in total. The second-order valence-corrected chi connectivity index (χ2v) is 6.50. The predicted octanol–water partition coefficient (Wildman–Crippen LogP) is -1.67. The molecule has 18 heteroatoms. The molecule has 0 aliphatic heterocycles. The smallest absolute Gasteiger partial charge is 0.328 e. The minimum atomic E-state index is -1.64. The molecule has 0 saturated carbocycles. The van der Waals surface area contributed by atoms with Gasteiger partial charge in [-0.1, -0.05) is 0 Å². The standard InChI is InChI=1S/C16H25N5O13/c1-10(22)14(25)19-12(4-2-6-17-16(27)18-7-3-5-13(23)24)15(26)32-8-11(34-21(30)31)9-33-20(28)29/h11-12H,2-9H2,1H3,(H,19,25)(H,23,24)(H2,17,18,27)/t11-,12+/m1/s1. The summed E-state index contributed by atoms with van der Waals surface area (Å²) in [7, 11) is 0. The molecule has 4 N–H and O–H groups in total. The van der Waals surface area contributed by atoms with E-state index < -0.39 is 65.2 Å². The molecule has 0 radical (unpaired) electrons. The molecule has 0 aliphatic carbocycles. The molecule has 3 amide bonds. The van der Waals surface area contributed by atoms with Crippen molar-refractivity contribution in [2.45, 2.75) is 44.8 Å². The highest BCUT2D eigenvalue weighted by atomic mass is 17.0. The molecule has 0 aromatic rings. The number of urea groups is 1. The molecule has 0 saturated heterocycles. The van der Waals surface area contributed by atoms with Crippen LogP contribution in [0.1, 0.15) is 32.6 Å². The van der Waals surface area contributed by atoms with Gasteiger partial charge in [-0.25, -0.2) is 9.59 Å². The number of carboxylic acids is 1. The first-order valence-corrected chi connectivity index (χ1v) is 9.72. The van der Waals surface area contributed by atoms with E-state index >= 15 is 0 Å². The molecule has 0 heterocycles. The van der Waals surface area contributed by atoms with Crippen LogP contribution in [-0.2, 0) is 33.6 Å². The number of ether oxygens (including phenoxy) is 1. The number of hydrogen-bond donors (Lipinski definition) is 4. The van der Waals surface area contributed by atoms with Gasteiger partial charge in [0.1, 0.15) is 19.3 Å². The molecule has 0 aromatic carbocycles. The summed E-state index contributed by atoms with van der Waals surface area (Å²) in [6, 6.07) is -1.98. The summed E-state index contributed by atoms with van der Waals surface area (Å²) in [6.45, 7) is -0.665. The molecule has 0 spiro atoms. The summed E-state index contributed by atoms with van der Waals surface area (Å²) in [5.74, 6) is -4.15. The maximum atomic E-state index is 12.3. The van der Waals surface area contributed by atoms with Crippen LogP contribution in [0.2, 0.25) is 0 Å². The first-order chi connectivity index (χ1) is 15.9. The van der Waals surface area contributed by atoms with Gasteiger partial charge < -0.3 is 35.5 Å². The maximum Gasteiger partial charge on any atom is 0.328 e. The number of Topliss-reactive ketones (excluding diaryl/α,β-unsaturated/α-hetero) is 1. The number of esters is 1. The van der Waals surface area contributed by atoms with E-state index in [0.29, 0.717) is 0 Å². The van der Waals surface area contributed by atoms with Crippen LogP contribution in [0.3, 0.4) is 0 Å². The average Bonchev–Trinajstić information content (AvgIpc) is 2.74. The third-order valence-electron chi connectivity index (χ3n) is 3.73. The summed E-state index contributed by atoms with van der Waals surface area (Å²) >= 11 is 0. The lowest BCUT2D eigenvalue weighted by atomic mass is 10.1. The van der Waals surface area contributed by atoms with Crippen LogP contribution in [0.5, 0.6) is 0 Å². The van der Waals surface area contributed by atoms with E-state index in [1.165, 1.54) is 0 Å². The van der Waals surface area contributed by atoms with Crippen LogP contribution < -0.4 is 16.0 Å². The predicted molar refractivity (Wildman–Crippen MR) is 106 cm³/mol. The van der Waals surface area contributed by atoms with Crippen molar-refractivity contribution in [2.24, 2.45) is 0 Å². The van der Waals surface area contributed by atoms with Gasteiger partial charge in [0, 0.05) is 26.4 Å². The van der Waals surface area contributed by atoms with Gasteiger partial charge in [-0.15, -0.1) is 20.2 Å². The van der Waals surface area contributed by atoms with Crippen LogP contribution in [0.4, 0.5) is 4.79 Å². The van der Waals surface area contributed by atoms with Gasteiger partial charge in [0.25, 0.3) is 16.1 Å². The van der Waals surface area contributed by atoms with E-state index in [9.17, 15) is 44.2 Å². The first kappa shape index (κ1) is 29.8. The Morgan fingerprint density at radius 3 is 2.12 bits per heavy atom. The second-order valence-electron chi connectivity index (χ2n) is 6.50. The summed E-state index contributed by atoms with van der Waals surface area (Å²) in [6.07, 6.45) is -1.55. The third-order valence-corrected chi connectivity index (χ3v) is 3.73. The molecule has 0 rings (SSSR count). The number of ketones is 1. The Balaban J connectivity index is 4.72. The van der Waals surface area contributed by atoms with Gasteiger partial charge in [-0.05, 0) is 19.3 Å². The van der Waals surface area contributed by atoms with Crippen LogP contribution in [0.25, 0.3) is 0 Å². The number of amides is 3. The van der Waals surface area contributed by atoms with Crippen molar-refractivity contribution in [3.05, 3.63) is 20.2 Å². The number of carboxylic acid groups (broad SMARTS) is 1. The zero-order valence-corrected chi connectivity index (χ0v) is 18.1. The largest absolute Gasteiger partial charge is 0.481 e. The van der Waals surface area contributed by atoms with Crippen LogP contribution in [0, 0.1) is 20.2 Å². The summed E-state index contributed by atoms with van der Waals surface area (Å²) in [4.78, 5) is 85.9. The number of hydrogen-bond acceptors (Lipinski definition) is 12. The normalized spacial score (nSPS) is 11.8. The molecular weight excluding hydrogens is 470 g/mol. The van der Waals surface area contributed by atoms with E-state index in [0.717, 1.165) is 6.92 Å². The highest BCUT2D eigenvalue weighted by molar-refractivity contribution is 6.35. The van der Waals surface area contributed by atoms with Gasteiger partial charge >= 0.3 is 18.0 Å². The topological polar surface area (TPSA) is 256 Å². The SMILES string of the molecule is CC(=O)C(=O)N[C@@H](CCCNC(=O)NCCCC(=O)O)C(=O)OC[C@H](CO[N+](=O)[O-])O[N+](=O)[O-]. The summed E-state index contributed by atoms with van der Waals surface area (Å²) in [5, 5.41) is 33.7. The molecule has 34 heavy (non-hydrogen) atoms. The molecule has 0 unspecified atom stereocenters. The number of nitrogens with zero attached hydrogens (tertiary/aromatic N) is 2. The van der Waals surface area contributed by atoms with Crippen molar-refractivity contribution >= 4 is 29.7 Å². The van der Waals surface area contributed by atoms with E-state index in [4.69, 9.17) is 9.84 Å². The lowest BCUT2D eigenvalue weighted by Crippen LogP contribution is -2.45. The summed E-state index contributed by atoms with van der Waals surface area (Å²) in [5.41, 5.74) is 0.